The number of hydrogen-bond acceptors (Lipinski definition) is 5. The van der Waals surface area contributed by atoms with Gasteiger partial charge in [-0.25, -0.2) is 0 Å². The summed E-state index contributed by atoms with van der Waals surface area (Å²) in [7, 11) is 0. The first-order valence-electron chi connectivity index (χ1n) is 6.56. The standard InChI is InChI=1S/C14H16ClN3OS/c1-14(16,9-5-6-9)13-17-12(18-19-13)8-20-11-4-2-3-10(15)7-11/h2-4,7,9H,5-6,8,16H2,1H3. The average Bonchev–Trinajstić information content (AvgIpc) is 3.16. The summed E-state index contributed by atoms with van der Waals surface area (Å²) in [6.45, 7) is 1.96. The number of aromatic nitrogens is 2. The smallest absolute Gasteiger partial charge is 0.246 e. The molecule has 3 rings (SSSR count). The second-order valence-electron chi connectivity index (χ2n) is 5.32. The molecule has 0 amide bonds. The Kier molecular flexibility index (Phi) is 3.75. The fourth-order valence-electron chi connectivity index (χ4n) is 2.09. The summed E-state index contributed by atoms with van der Waals surface area (Å²) in [5.41, 5.74) is 5.77. The van der Waals surface area contributed by atoms with Gasteiger partial charge < -0.3 is 10.3 Å². The van der Waals surface area contributed by atoms with E-state index in [4.69, 9.17) is 21.9 Å². The van der Waals surface area contributed by atoms with Crippen LogP contribution < -0.4 is 5.73 Å². The lowest BCUT2D eigenvalue weighted by Crippen LogP contribution is -2.35. The lowest BCUT2D eigenvalue weighted by molar-refractivity contribution is 0.272. The second kappa shape index (κ2) is 5.39. The fourth-order valence-corrected chi connectivity index (χ4v) is 3.15. The van der Waals surface area contributed by atoms with E-state index in [2.05, 4.69) is 10.1 Å². The molecule has 1 saturated carbocycles. The van der Waals surface area contributed by atoms with Crippen molar-refractivity contribution in [2.24, 2.45) is 11.7 Å². The third-order valence-electron chi connectivity index (χ3n) is 3.52. The van der Waals surface area contributed by atoms with Crippen LogP contribution in [0.25, 0.3) is 0 Å². The van der Waals surface area contributed by atoms with Crippen molar-refractivity contribution in [1.29, 1.82) is 0 Å². The first-order valence-corrected chi connectivity index (χ1v) is 7.92. The normalized spacial score (nSPS) is 17.9. The minimum Gasteiger partial charge on any atom is -0.337 e. The summed E-state index contributed by atoms with van der Waals surface area (Å²) in [5, 5.41) is 4.74. The molecule has 2 N–H and O–H groups in total. The van der Waals surface area contributed by atoms with Crippen molar-refractivity contribution in [2.75, 3.05) is 0 Å². The van der Waals surface area contributed by atoms with E-state index in [0.29, 0.717) is 23.4 Å². The van der Waals surface area contributed by atoms with E-state index < -0.39 is 5.54 Å². The summed E-state index contributed by atoms with van der Waals surface area (Å²) >= 11 is 7.58. The molecule has 1 fully saturated rings. The Morgan fingerprint density at radius 2 is 2.30 bits per heavy atom. The maximum absolute atomic E-state index is 6.26. The van der Waals surface area contributed by atoms with Crippen LogP contribution in [0, 0.1) is 5.92 Å². The molecular formula is C14H16ClN3OS. The Morgan fingerprint density at radius 3 is 3.00 bits per heavy atom. The van der Waals surface area contributed by atoms with Crippen LogP contribution >= 0.6 is 23.4 Å². The van der Waals surface area contributed by atoms with Gasteiger partial charge in [-0.3, -0.25) is 0 Å². The summed E-state index contributed by atoms with van der Waals surface area (Å²) < 4.78 is 5.32. The van der Waals surface area contributed by atoms with Crippen LogP contribution in [0.3, 0.4) is 0 Å². The largest absolute Gasteiger partial charge is 0.337 e. The average molecular weight is 310 g/mol. The Hall–Kier alpha value is -1.04. The van der Waals surface area contributed by atoms with Crippen LogP contribution in [-0.2, 0) is 11.3 Å². The summed E-state index contributed by atoms with van der Waals surface area (Å²) in [6.07, 6.45) is 2.28. The van der Waals surface area contributed by atoms with E-state index in [1.807, 2.05) is 31.2 Å². The maximum Gasteiger partial charge on any atom is 0.246 e. The Balaban J connectivity index is 1.65. The summed E-state index contributed by atoms with van der Waals surface area (Å²) in [6, 6.07) is 7.71. The first kappa shape index (κ1) is 13.9. The number of benzene rings is 1. The molecule has 1 unspecified atom stereocenters. The first-order chi connectivity index (χ1) is 9.55. The van der Waals surface area contributed by atoms with Crippen molar-refractivity contribution in [3.8, 4) is 0 Å². The minimum absolute atomic E-state index is 0.469. The van der Waals surface area contributed by atoms with Gasteiger partial charge in [0.05, 0.1) is 11.3 Å². The van der Waals surface area contributed by atoms with E-state index in [9.17, 15) is 0 Å². The Morgan fingerprint density at radius 1 is 1.50 bits per heavy atom. The van der Waals surface area contributed by atoms with Crippen LogP contribution in [0.15, 0.2) is 33.7 Å². The molecule has 0 saturated heterocycles. The number of halogens is 1. The zero-order valence-corrected chi connectivity index (χ0v) is 12.7. The van der Waals surface area contributed by atoms with Crippen LogP contribution in [0.2, 0.25) is 5.02 Å². The summed E-state index contributed by atoms with van der Waals surface area (Å²) in [5.74, 6) is 2.32. The summed E-state index contributed by atoms with van der Waals surface area (Å²) in [4.78, 5) is 5.51. The SMILES string of the molecule is CC(N)(c1nc(CSc2cccc(Cl)c2)no1)C1CC1. The molecule has 20 heavy (non-hydrogen) atoms. The van der Waals surface area contributed by atoms with Gasteiger partial charge in [0.2, 0.25) is 5.89 Å². The van der Waals surface area contributed by atoms with Crippen molar-refractivity contribution in [1.82, 2.24) is 10.1 Å². The Bertz CT molecular complexity index is 610. The molecule has 4 nitrogen and oxygen atoms in total. The zero-order chi connectivity index (χ0) is 14.2. The van der Waals surface area contributed by atoms with Crippen molar-refractivity contribution in [3.05, 3.63) is 41.0 Å². The molecule has 1 aliphatic carbocycles. The van der Waals surface area contributed by atoms with Crippen LogP contribution in [0.1, 0.15) is 31.5 Å². The predicted molar refractivity (Wildman–Crippen MR) is 79.6 cm³/mol. The molecule has 0 aliphatic heterocycles. The second-order valence-corrected chi connectivity index (χ2v) is 6.80. The highest BCUT2D eigenvalue weighted by atomic mass is 35.5. The molecule has 2 aromatic rings. The molecule has 1 aliphatic rings. The number of nitrogens with zero attached hydrogens (tertiary/aromatic N) is 2. The van der Waals surface area contributed by atoms with Crippen LogP contribution in [-0.4, -0.2) is 10.1 Å². The van der Waals surface area contributed by atoms with Crippen LogP contribution in [0.4, 0.5) is 0 Å². The van der Waals surface area contributed by atoms with Crippen molar-refractivity contribution in [2.45, 2.75) is 36.0 Å². The van der Waals surface area contributed by atoms with Gasteiger partial charge in [0.15, 0.2) is 5.82 Å². The number of hydrogen-bond donors (Lipinski definition) is 1. The van der Waals surface area contributed by atoms with Gasteiger partial charge >= 0.3 is 0 Å². The molecule has 1 aromatic carbocycles. The number of thioether (sulfide) groups is 1. The van der Waals surface area contributed by atoms with Gasteiger partial charge in [-0.2, -0.15) is 4.98 Å². The van der Waals surface area contributed by atoms with E-state index in [-0.39, 0.29) is 0 Å². The molecule has 0 bridgehead atoms. The molecule has 0 spiro atoms. The predicted octanol–water partition coefficient (Wildman–Crippen LogP) is 3.60. The van der Waals surface area contributed by atoms with Gasteiger partial charge in [0, 0.05) is 9.92 Å². The van der Waals surface area contributed by atoms with Crippen LogP contribution in [0.5, 0.6) is 0 Å². The maximum atomic E-state index is 6.26. The number of rotatable bonds is 5. The topological polar surface area (TPSA) is 64.9 Å². The third-order valence-corrected chi connectivity index (χ3v) is 4.74. The van der Waals surface area contributed by atoms with Gasteiger partial charge in [-0.15, -0.1) is 11.8 Å². The fraction of sp³-hybridized carbons (Fsp3) is 0.429. The minimum atomic E-state index is -0.494. The van der Waals surface area contributed by atoms with Crippen molar-refractivity contribution < 1.29 is 4.52 Å². The molecule has 1 aromatic heterocycles. The highest BCUT2D eigenvalue weighted by Gasteiger charge is 2.43. The highest BCUT2D eigenvalue weighted by Crippen LogP contribution is 2.43. The lowest BCUT2D eigenvalue weighted by Gasteiger charge is -2.18. The van der Waals surface area contributed by atoms with E-state index in [1.165, 1.54) is 0 Å². The quantitative estimate of drug-likeness (QED) is 0.855. The van der Waals surface area contributed by atoms with Gasteiger partial charge in [0.25, 0.3) is 0 Å². The van der Waals surface area contributed by atoms with Crippen molar-refractivity contribution in [3.63, 3.8) is 0 Å². The van der Waals surface area contributed by atoms with Gasteiger partial charge in [0.1, 0.15) is 0 Å². The number of nitrogens with two attached hydrogens (primary N) is 1. The Labute approximate surface area is 127 Å². The lowest BCUT2D eigenvalue weighted by atomic mass is 9.97. The van der Waals surface area contributed by atoms with E-state index in [1.54, 1.807) is 11.8 Å². The monoisotopic (exact) mass is 309 g/mol. The van der Waals surface area contributed by atoms with Crippen molar-refractivity contribution >= 4 is 23.4 Å². The zero-order valence-electron chi connectivity index (χ0n) is 11.2. The van der Waals surface area contributed by atoms with E-state index in [0.717, 1.165) is 22.8 Å². The van der Waals surface area contributed by atoms with Gasteiger partial charge in [-0.1, -0.05) is 22.8 Å². The molecule has 1 heterocycles. The molecule has 1 atom stereocenters. The molecule has 0 radical (unpaired) electrons. The molecule has 6 heteroatoms. The van der Waals surface area contributed by atoms with E-state index >= 15 is 0 Å². The highest BCUT2D eigenvalue weighted by molar-refractivity contribution is 7.98. The molecule has 106 valence electrons. The third kappa shape index (κ3) is 3.00. The molecular weight excluding hydrogens is 294 g/mol. The van der Waals surface area contributed by atoms with Gasteiger partial charge in [-0.05, 0) is 43.9 Å².